The smallest absolute Gasteiger partial charge is 0.377 e. The molecule has 0 spiro atoms. The van der Waals surface area contributed by atoms with E-state index in [0.29, 0.717) is 86.3 Å². The minimum atomic E-state index is -4.41. The van der Waals surface area contributed by atoms with E-state index in [2.05, 4.69) is 0 Å². The molecule has 2 aromatic heterocycles. The quantitative estimate of drug-likeness (QED) is 0.0485. The van der Waals surface area contributed by atoms with Crippen LogP contribution in [-0.4, -0.2) is 81.8 Å². The number of aryl methyl sites for hydroxylation is 3. The molecular weight excluding hydrogens is 1150 g/mol. The molecule has 0 bridgehead atoms. The molecule has 0 unspecified atom stereocenters. The van der Waals surface area contributed by atoms with E-state index in [9.17, 15) is 48.8 Å². The summed E-state index contributed by atoms with van der Waals surface area (Å²) in [4.78, 5) is 16.6. The van der Waals surface area contributed by atoms with Crippen molar-refractivity contribution in [3.63, 3.8) is 0 Å². The molecule has 0 saturated heterocycles. The topological polar surface area (TPSA) is 252 Å². The summed E-state index contributed by atoms with van der Waals surface area (Å²) in [5.41, 5.74) is 6.23. The number of halogens is 4. The minimum absolute atomic E-state index is 0.0541. The van der Waals surface area contributed by atoms with Gasteiger partial charge in [-0.3, -0.25) is 0 Å². The second-order valence-corrected chi connectivity index (χ2v) is 25.0. The van der Waals surface area contributed by atoms with Gasteiger partial charge in [0.25, 0.3) is 10.5 Å². The lowest BCUT2D eigenvalue weighted by Gasteiger charge is -2.24. The van der Waals surface area contributed by atoms with Gasteiger partial charge in [0.05, 0.1) is 63.5 Å². The first-order valence-corrected chi connectivity index (χ1v) is 30.9. The number of anilines is 3. The molecular formula is C50H51Cl4N5O13S4-2. The summed E-state index contributed by atoms with van der Waals surface area (Å²) in [5, 5.41) is 13.7. The van der Waals surface area contributed by atoms with E-state index < -0.39 is 53.6 Å². The summed E-state index contributed by atoms with van der Waals surface area (Å²) in [6.45, 7) is 7.50. The lowest BCUT2D eigenvalue weighted by atomic mass is 10.1. The van der Waals surface area contributed by atoms with Crippen molar-refractivity contribution in [3.8, 4) is 5.75 Å². The van der Waals surface area contributed by atoms with Crippen LogP contribution in [0, 0.1) is 6.92 Å². The molecule has 0 radical (unpaired) electrons. The molecule has 0 saturated carbocycles. The first-order valence-electron chi connectivity index (χ1n) is 23.8. The number of carboxylic acid groups (broad SMARTS) is 1. The largest absolute Gasteiger partial charge is 0.748 e. The highest BCUT2D eigenvalue weighted by molar-refractivity contribution is 7.86. The summed E-state index contributed by atoms with van der Waals surface area (Å²) >= 11 is 26.6. The Kier molecular flexibility index (Phi) is 19.1. The van der Waals surface area contributed by atoms with Gasteiger partial charge in [0.15, 0.2) is 18.8 Å². The zero-order valence-corrected chi connectivity index (χ0v) is 47.5. The van der Waals surface area contributed by atoms with Crippen molar-refractivity contribution < 1.29 is 67.1 Å². The van der Waals surface area contributed by atoms with Crippen molar-refractivity contribution in [2.75, 3.05) is 51.6 Å². The molecule has 4 aromatic carbocycles. The number of ether oxygens (including phenoxy) is 1. The van der Waals surface area contributed by atoms with E-state index in [-0.39, 0.29) is 45.3 Å². The molecule has 76 heavy (non-hydrogen) atoms. The lowest BCUT2D eigenvalue weighted by molar-refractivity contribution is -0.677. The Morgan fingerprint density at radius 3 is 1.93 bits per heavy atom. The molecule has 2 aliphatic rings. The summed E-state index contributed by atoms with van der Waals surface area (Å²) in [6.07, 6.45) is 6.95. The van der Waals surface area contributed by atoms with Crippen LogP contribution in [0.15, 0.2) is 94.5 Å². The van der Waals surface area contributed by atoms with Gasteiger partial charge >= 0.3 is 5.89 Å². The highest BCUT2D eigenvalue weighted by Gasteiger charge is 2.34. The normalized spacial score (nSPS) is 15.0. The third kappa shape index (κ3) is 15.2. The van der Waals surface area contributed by atoms with Crippen molar-refractivity contribution in [3.05, 3.63) is 127 Å². The number of benzene rings is 4. The Hall–Kier alpha value is -4.98. The monoisotopic (exact) mass is 1200 g/mol. The van der Waals surface area contributed by atoms with Crippen molar-refractivity contribution in [1.82, 2.24) is 0 Å². The van der Waals surface area contributed by atoms with Crippen LogP contribution >= 0.6 is 57.7 Å². The van der Waals surface area contributed by atoms with Crippen molar-refractivity contribution in [1.29, 1.82) is 0 Å². The number of carbonyl (C=O) groups is 1. The maximum Gasteiger partial charge on any atom is 0.377 e. The predicted octanol–water partition coefficient (Wildman–Crippen LogP) is 8.35. The number of hydrogen-bond acceptors (Lipinski definition) is 17. The van der Waals surface area contributed by atoms with E-state index in [0.717, 1.165) is 37.6 Å². The number of oxazole rings is 1. The van der Waals surface area contributed by atoms with Crippen LogP contribution in [0.25, 0.3) is 33.5 Å². The van der Waals surface area contributed by atoms with Crippen molar-refractivity contribution in [2.24, 2.45) is 0 Å². The second-order valence-electron chi connectivity index (χ2n) is 17.7. The highest BCUT2D eigenvalue weighted by Crippen LogP contribution is 2.46. The van der Waals surface area contributed by atoms with Crippen LogP contribution in [0.5, 0.6) is 5.75 Å². The molecule has 0 N–H and O–H groups in total. The number of fused-ring (bicyclic) bond motifs is 4. The van der Waals surface area contributed by atoms with Crippen molar-refractivity contribution in [2.45, 2.75) is 72.4 Å². The van der Waals surface area contributed by atoms with Crippen LogP contribution in [0.1, 0.15) is 68.8 Å². The van der Waals surface area contributed by atoms with Crippen LogP contribution < -0.4 is 33.7 Å². The molecule has 4 heterocycles. The number of carbonyl (C=O) groups excluding carboxylic acids is 1. The average molecular weight is 1200 g/mol. The molecule has 2 aliphatic heterocycles. The van der Waals surface area contributed by atoms with Crippen LogP contribution in [0.2, 0.25) is 20.1 Å². The predicted molar refractivity (Wildman–Crippen MR) is 291 cm³/mol. The number of aromatic nitrogens is 2. The number of hydrogen-bond donors (Lipinski definition) is 0. The molecule has 8 rings (SSSR count). The average Bonchev–Trinajstić information content (AvgIpc) is 4.03. The van der Waals surface area contributed by atoms with E-state index in [1.54, 1.807) is 52.3 Å². The third-order valence-electron chi connectivity index (χ3n) is 12.1. The van der Waals surface area contributed by atoms with Crippen LogP contribution in [0.4, 0.5) is 17.1 Å². The Morgan fingerprint density at radius 1 is 0.697 bits per heavy atom. The second kappa shape index (κ2) is 24.8. The summed E-state index contributed by atoms with van der Waals surface area (Å²) < 4.78 is 118. The number of aliphatic carboxylic acids is 1. The van der Waals surface area contributed by atoms with Crippen molar-refractivity contribution >= 4 is 145 Å². The first kappa shape index (κ1) is 58.7. The van der Waals surface area contributed by atoms with E-state index in [1.807, 2.05) is 88.6 Å². The molecule has 26 heteroatoms. The maximum absolute atomic E-state index is 11.3. The summed E-state index contributed by atoms with van der Waals surface area (Å²) in [7, 11) is -13.1. The number of rotatable bonds is 21. The fourth-order valence-electron chi connectivity index (χ4n) is 8.70. The Balaban J connectivity index is 0.000000221. The number of allylic oxidation sites excluding steroid dienone is 2. The Labute approximate surface area is 464 Å². The lowest BCUT2D eigenvalue weighted by Crippen LogP contribution is -2.37. The zero-order valence-electron chi connectivity index (χ0n) is 41.2. The number of nitrogens with zero attached hydrogens (tertiary/aromatic N) is 5. The van der Waals surface area contributed by atoms with Gasteiger partial charge < -0.3 is 47.4 Å². The molecule has 6 aromatic rings. The van der Waals surface area contributed by atoms with Gasteiger partial charge in [-0.25, -0.2) is 25.3 Å². The van der Waals surface area contributed by atoms with Crippen LogP contribution in [-0.2, 0) is 48.2 Å². The van der Waals surface area contributed by atoms with E-state index in [1.165, 1.54) is 0 Å². The SMILES string of the molecule is CCC(=Cc1sc2ccc(Cl)cc2[n+]1CCCC(=O)[O-])C=C1Oc2ccc(Cl)cc2N1CCCS(=O)(=O)[O-].CCN1C(=Cc2oc3ccc(C)cc3[n+]2CCCS(=O)(=O)[O-])N(CCCS(=O)(=O)[O-])c2cc(Cl)c(Cl)cc21. The van der Waals surface area contributed by atoms with Gasteiger partial charge in [-0.05, 0) is 99.2 Å². The molecule has 0 aliphatic carbocycles. The molecule has 18 nitrogen and oxygen atoms in total. The standard InChI is InChI=1S/C26H26Cl2N2O6S2.C24H27Cl2N3O7S2/c1-2-17(14-25-30(10-3-5-26(31)32)21-16-19(28)7-9-23(21)37-25)13-24-29(11-4-12-38(33,34)35)20-15-18(27)6-8-22(20)36-24;1-3-27-19-13-17(25)18(26)14-20(19)28(8-4-10-37(30,31)32)23(27)15-24-29(9-5-11-38(33,34)35)21-12-16(2)6-7-22(21)36-24/h6-9,13-16H,2-5,10-12H2,1H3,(H-,31,32,33,34,35);6-7,12-15H,3-5,8-11H2,1-2H3,(H-,30,31,32,33,34,35)/p-2. The maximum atomic E-state index is 11.3. The molecule has 0 amide bonds. The highest BCUT2D eigenvalue weighted by atomic mass is 35.5. The van der Waals surface area contributed by atoms with Gasteiger partial charge in [0, 0.05) is 90.0 Å². The van der Waals surface area contributed by atoms with Gasteiger partial charge in [-0.15, -0.1) is 0 Å². The van der Waals surface area contributed by atoms with E-state index >= 15 is 0 Å². The zero-order chi connectivity index (χ0) is 55.3. The fourth-order valence-corrected chi connectivity index (χ4v) is 11.9. The van der Waals surface area contributed by atoms with Gasteiger partial charge in [0.2, 0.25) is 17.0 Å². The Bertz CT molecular complexity index is 3620. The molecule has 408 valence electrons. The minimum Gasteiger partial charge on any atom is -0.748 e. The van der Waals surface area contributed by atoms with Gasteiger partial charge in [-0.1, -0.05) is 70.7 Å². The first-order chi connectivity index (χ1) is 35.8. The third-order valence-corrected chi connectivity index (χ3v) is 16.8. The van der Waals surface area contributed by atoms with Crippen LogP contribution in [0.3, 0.4) is 0 Å². The Morgan fingerprint density at radius 2 is 1.30 bits per heavy atom. The molecule has 0 atom stereocenters. The number of carboxylic acids is 1. The van der Waals surface area contributed by atoms with Gasteiger partial charge in [0.1, 0.15) is 10.5 Å². The van der Waals surface area contributed by atoms with Gasteiger partial charge in [-0.2, -0.15) is 9.13 Å². The van der Waals surface area contributed by atoms with E-state index in [4.69, 9.17) is 55.6 Å². The summed E-state index contributed by atoms with van der Waals surface area (Å²) in [5.74, 6) is -0.539. The summed E-state index contributed by atoms with van der Waals surface area (Å²) in [6, 6.07) is 19.8. The molecule has 0 fully saturated rings. The fraction of sp³-hybridized carbons (Fsp3) is 0.340. The number of thiazole rings is 1.